The molecule has 0 saturated carbocycles. The maximum Gasteiger partial charge on any atom is 0.241 e. The molecule has 0 unspecified atom stereocenters. The molecular formula is C16H17F2N3O. The molecule has 0 aliphatic heterocycles. The largest absolute Gasteiger partial charge is 0.376 e. The summed E-state index contributed by atoms with van der Waals surface area (Å²) in [4.78, 5) is 17.5. The summed E-state index contributed by atoms with van der Waals surface area (Å²) in [7, 11) is 1.70. The molecule has 1 N–H and O–H groups in total. The number of rotatable bonds is 6. The first-order chi connectivity index (χ1) is 10.6. The second kappa shape index (κ2) is 7.49. The van der Waals surface area contributed by atoms with Crippen molar-refractivity contribution in [1.82, 2.24) is 9.88 Å². The Labute approximate surface area is 127 Å². The number of carbonyl (C=O) groups excluding carboxylic acids is 1. The van der Waals surface area contributed by atoms with E-state index in [-0.39, 0.29) is 12.5 Å². The topological polar surface area (TPSA) is 45.2 Å². The van der Waals surface area contributed by atoms with Crippen molar-refractivity contribution in [1.29, 1.82) is 0 Å². The number of halogens is 2. The Hall–Kier alpha value is -2.50. The van der Waals surface area contributed by atoms with Crippen LogP contribution in [-0.2, 0) is 11.2 Å². The van der Waals surface area contributed by atoms with Crippen LogP contribution in [-0.4, -0.2) is 35.9 Å². The van der Waals surface area contributed by atoms with Crippen molar-refractivity contribution >= 4 is 11.6 Å². The molecule has 6 heteroatoms. The van der Waals surface area contributed by atoms with Gasteiger partial charge < -0.3 is 10.2 Å². The highest BCUT2D eigenvalue weighted by atomic mass is 19.2. The Balaban J connectivity index is 1.79. The third-order valence-corrected chi connectivity index (χ3v) is 3.27. The van der Waals surface area contributed by atoms with Gasteiger partial charge in [-0.1, -0.05) is 0 Å². The third kappa shape index (κ3) is 4.51. The van der Waals surface area contributed by atoms with E-state index in [4.69, 9.17) is 0 Å². The van der Waals surface area contributed by atoms with Crippen molar-refractivity contribution in [3.05, 3.63) is 59.9 Å². The summed E-state index contributed by atoms with van der Waals surface area (Å²) < 4.78 is 25.9. The lowest BCUT2D eigenvalue weighted by molar-refractivity contribution is -0.127. The number of nitrogens with zero attached hydrogens (tertiary/aromatic N) is 2. The number of anilines is 1. The average molecular weight is 305 g/mol. The number of nitrogens with one attached hydrogen (secondary N) is 1. The van der Waals surface area contributed by atoms with Crippen LogP contribution in [0.4, 0.5) is 14.5 Å². The van der Waals surface area contributed by atoms with Crippen molar-refractivity contribution in [3.8, 4) is 0 Å². The molecule has 1 aromatic heterocycles. The molecule has 116 valence electrons. The minimum Gasteiger partial charge on any atom is -0.376 e. The van der Waals surface area contributed by atoms with Gasteiger partial charge in [0.1, 0.15) is 0 Å². The van der Waals surface area contributed by atoms with Gasteiger partial charge in [0.05, 0.1) is 6.54 Å². The van der Waals surface area contributed by atoms with E-state index in [0.717, 1.165) is 24.1 Å². The lowest BCUT2D eigenvalue weighted by atomic mass is 10.2. The Kier molecular flexibility index (Phi) is 5.41. The lowest BCUT2D eigenvalue weighted by Gasteiger charge is -2.18. The molecule has 1 aromatic carbocycles. The normalized spacial score (nSPS) is 10.3. The third-order valence-electron chi connectivity index (χ3n) is 3.27. The predicted molar refractivity (Wildman–Crippen MR) is 80.4 cm³/mol. The monoisotopic (exact) mass is 305 g/mol. The van der Waals surface area contributed by atoms with Crippen molar-refractivity contribution in [2.24, 2.45) is 0 Å². The highest BCUT2D eigenvalue weighted by Gasteiger charge is 2.09. The van der Waals surface area contributed by atoms with Gasteiger partial charge in [0.15, 0.2) is 11.6 Å². The van der Waals surface area contributed by atoms with Gasteiger partial charge in [-0.25, -0.2) is 8.78 Å². The van der Waals surface area contributed by atoms with Gasteiger partial charge in [-0.05, 0) is 36.2 Å². The molecule has 2 rings (SSSR count). The zero-order valence-corrected chi connectivity index (χ0v) is 12.2. The maximum atomic E-state index is 13.1. The summed E-state index contributed by atoms with van der Waals surface area (Å²) in [6.07, 6.45) is 4.15. The predicted octanol–water partition coefficient (Wildman–Crippen LogP) is 2.47. The smallest absolute Gasteiger partial charge is 0.241 e. The van der Waals surface area contributed by atoms with Gasteiger partial charge in [-0.15, -0.1) is 0 Å². The van der Waals surface area contributed by atoms with Crippen LogP contribution in [0, 0.1) is 11.6 Å². The minimum atomic E-state index is -0.941. The number of benzene rings is 1. The zero-order chi connectivity index (χ0) is 15.9. The van der Waals surface area contributed by atoms with Crippen LogP contribution in [0.15, 0.2) is 42.7 Å². The molecule has 2 aromatic rings. The second-order valence-electron chi connectivity index (χ2n) is 4.90. The summed E-state index contributed by atoms with van der Waals surface area (Å²) in [6, 6.07) is 7.24. The first kappa shape index (κ1) is 15.9. The summed E-state index contributed by atoms with van der Waals surface area (Å²) in [5.41, 5.74) is 1.47. The van der Waals surface area contributed by atoms with Crippen LogP contribution in [0.2, 0.25) is 0 Å². The van der Waals surface area contributed by atoms with Crippen LogP contribution < -0.4 is 5.32 Å². The van der Waals surface area contributed by atoms with Crippen molar-refractivity contribution in [2.75, 3.05) is 25.5 Å². The highest BCUT2D eigenvalue weighted by Crippen LogP contribution is 2.12. The van der Waals surface area contributed by atoms with Crippen LogP contribution in [0.1, 0.15) is 5.56 Å². The van der Waals surface area contributed by atoms with E-state index in [1.54, 1.807) is 24.3 Å². The molecule has 0 fully saturated rings. The van der Waals surface area contributed by atoms with Gasteiger partial charge in [0.25, 0.3) is 0 Å². The molecule has 0 bridgehead atoms. The van der Waals surface area contributed by atoms with Gasteiger partial charge in [-0.3, -0.25) is 9.78 Å². The molecule has 1 amide bonds. The number of carbonyl (C=O) groups is 1. The fraction of sp³-hybridized carbons (Fsp3) is 0.250. The number of hydrogen-bond donors (Lipinski definition) is 1. The molecule has 4 nitrogen and oxygen atoms in total. The Morgan fingerprint density at radius 1 is 1.18 bits per heavy atom. The summed E-state index contributed by atoms with van der Waals surface area (Å²) >= 11 is 0. The van der Waals surface area contributed by atoms with Crippen LogP contribution in [0.5, 0.6) is 0 Å². The molecule has 1 heterocycles. The molecule has 0 aliphatic rings. The Morgan fingerprint density at radius 2 is 1.91 bits per heavy atom. The number of aromatic nitrogens is 1. The molecule has 22 heavy (non-hydrogen) atoms. The number of amides is 1. The van der Waals surface area contributed by atoms with Crippen LogP contribution >= 0.6 is 0 Å². The zero-order valence-electron chi connectivity index (χ0n) is 12.2. The fourth-order valence-corrected chi connectivity index (χ4v) is 1.89. The van der Waals surface area contributed by atoms with Gasteiger partial charge in [0, 0.05) is 37.7 Å². The Morgan fingerprint density at radius 3 is 2.59 bits per heavy atom. The minimum absolute atomic E-state index is 0.0257. The maximum absolute atomic E-state index is 13.1. The highest BCUT2D eigenvalue weighted by molar-refractivity contribution is 5.80. The molecule has 0 spiro atoms. The molecule has 0 atom stereocenters. The molecule has 0 radical (unpaired) electrons. The number of likely N-dealkylation sites (N-methyl/N-ethyl adjacent to an activating group) is 1. The van der Waals surface area contributed by atoms with Gasteiger partial charge in [0.2, 0.25) is 5.91 Å². The van der Waals surface area contributed by atoms with Crippen LogP contribution in [0.3, 0.4) is 0 Å². The van der Waals surface area contributed by atoms with E-state index in [1.165, 1.54) is 6.07 Å². The van der Waals surface area contributed by atoms with E-state index in [0.29, 0.717) is 12.2 Å². The second-order valence-corrected chi connectivity index (χ2v) is 4.90. The van der Waals surface area contributed by atoms with E-state index < -0.39 is 11.6 Å². The van der Waals surface area contributed by atoms with E-state index in [9.17, 15) is 13.6 Å². The standard InChI is InChI=1S/C16H17F2N3O/c1-21(9-6-12-4-7-19-8-5-12)16(22)11-20-13-2-3-14(17)15(18)10-13/h2-5,7-8,10,20H,6,9,11H2,1H3. The van der Waals surface area contributed by atoms with Crippen LogP contribution in [0.25, 0.3) is 0 Å². The van der Waals surface area contributed by atoms with Gasteiger partial charge >= 0.3 is 0 Å². The van der Waals surface area contributed by atoms with Gasteiger partial charge in [-0.2, -0.15) is 0 Å². The SMILES string of the molecule is CN(CCc1ccncc1)C(=O)CNc1ccc(F)c(F)c1. The molecule has 0 aliphatic carbocycles. The Bertz CT molecular complexity index is 635. The molecular weight excluding hydrogens is 288 g/mol. The quantitative estimate of drug-likeness (QED) is 0.892. The van der Waals surface area contributed by atoms with E-state index in [1.807, 2.05) is 12.1 Å². The number of pyridine rings is 1. The summed E-state index contributed by atoms with van der Waals surface area (Å²) in [5.74, 6) is -1.98. The first-order valence-electron chi connectivity index (χ1n) is 6.88. The number of hydrogen-bond acceptors (Lipinski definition) is 3. The molecule has 0 saturated heterocycles. The summed E-state index contributed by atoms with van der Waals surface area (Å²) in [5, 5.41) is 2.78. The van der Waals surface area contributed by atoms with E-state index >= 15 is 0 Å². The lowest BCUT2D eigenvalue weighted by Crippen LogP contribution is -2.33. The summed E-state index contributed by atoms with van der Waals surface area (Å²) in [6.45, 7) is 0.597. The van der Waals surface area contributed by atoms with E-state index in [2.05, 4.69) is 10.3 Å². The fourth-order valence-electron chi connectivity index (χ4n) is 1.89. The first-order valence-corrected chi connectivity index (χ1v) is 6.88. The van der Waals surface area contributed by atoms with Crippen molar-refractivity contribution in [3.63, 3.8) is 0 Å². The van der Waals surface area contributed by atoms with Crippen molar-refractivity contribution in [2.45, 2.75) is 6.42 Å². The van der Waals surface area contributed by atoms with Crippen molar-refractivity contribution < 1.29 is 13.6 Å². The average Bonchev–Trinajstić information content (AvgIpc) is 2.54.